The fourth-order valence-electron chi connectivity index (χ4n) is 2.54. The van der Waals surface area contributed by atoms with Gasteiger partial charge in [-0.3, -0.25) is 14.9 Å². The topological polar surface area (TPSA) is 63.5 Å². The van der Waals surface area contributed by atoms with Gasteiger partial charge in [0.25, 0.3) is 11.6 Å². The van der Waals surface area contributed by atoms with Crippen LogP contribution in [0.5, 0.6) is 0 Å². The largest absolute Gasteiger partial charge is 0.331 e. The molecule has 1 aliphatic carbocycles. The SMILES string of the molecule is Cc1c(C(=O)N(Cc2ccsc2)C2CC2)cccc1[N+](=O)[O-]. The molecule has 0 aliphatic heterocycles. The minimum Gasteiger partial charge on any atom is -0.331 e. The molecule has 1 aromatic heterocycles. The van der Waals surface area contributed by atoms with Crippen LogP contribution in [-0.4, -0.2) is 21.8 Å². The van der Waals surface area contributed by atoms with Crippen molar-refractivity contribution >= 4 is 22.9 Å². The fourth-order valence-corrected chi connectivity index (χ4v) is 3.20. The number of benzene rings is 1. The molecule has 1 saturated carbocycles. The number of carbonyl (C=O) groups is 1. The Morgan fingerprint density at radius 3 is 2.77 bits per heavy atom. The van der Waals surface area contributed by atoms with E-state index in [9.17, 15) is 14.9 Å². The highest BCUT2D eigenvalue weighted by Gasteiger charge is 2.34. The number of amides is 1. The van der Waals surface area contributed by atoms with Gasteiger partial charge in [0.05, 0.1) is 4.92 Å². The van der Waals surface area contributed by atoms with E-state index in [0.29, 0.717) is 17.7 Å². The second-order valence-corrected chi connectivity index (χ2v) is 6.28. The molecule has 0 unspecified atom stereocenters. The maximum Gasteiger partial charge on any atom is 0.273 e. The van der Waals surface area contributed by atoms with Crippen LogP contribution in [0.15, 0.2) is 35.0 Å². The molecule has 114 valence electrons. The lowest BCUT2D eigenvalue weighted by atomic mass is 10.1. The van der Waals surface area contributed by atoms with Crippen LogP contribution in [0.25, 0.3) is 0 Å². The lowest BCUT2D eigenvalue weighted by molar-refractivity contribution is -0.385. The Hall–Kier alpha value is -2.21. The maximum absolute atomic E-state index is 12.9. The van der Waals surface area contributed by atoms with Gasteiger partial charge in [-0.1, -0.05) is 6.07 Å². The summed E-state index contributed by atoms with van der Waals surface area (Å²) in [5, 5.41) is 15.1. The second-order valence-electron chi connectivity index (χ2n) is 5.50. The summed E-state index contributed by atoms with van der Waals surface area (Å²) < 4.78 is 0. The molecule has 6 heteroatoms. The van der Waals surface area contributed by atoms with Crippen molar-refractivity contribution in [3.63, 3.8) is 0 Å². The molecular formula is C16H16N2O3S. The van der Waals surface area contributed by atoms with Crippen LogP contribution in [0, 0.1) is 17.0 Å². The lowest BCUT2D eigenvalue weighted by Crippen LogP contribution is -2.33. The van der Waals surface area contributed by atoms with Crippen molar-refractivity contribution in [1.82, 2.24) is 4.90 Å². The van der Waals surface area contributed by atoms with Crippen molar-refractivity contribution in [2.75, 3.05) is 0 Å². The lowest BCUT2D eigenvalue weighted by Gasteiger charge is -2.23. The standard InChI is InChI=1S/C16H16N2O3S/c1-11-14(3-2-4-15(11)18(20)21)16(19)17(13-5-6-13)9-12-7-8-22-10-12/h2-4,7-8,10,13H,5-6,9H2,1H3. The van der Waals surface area contributed by atoms with Crippen LogP contribution in [-0.2, 0) is 6.54 Å². The summed E-state index contributed by atoms with van der Waals surface area (Å²) in [4.78, 5) is 25.3. The Bertz CT molecular complexity index is 708. The van der Waals surface area contributed by atoms with Crippen LogP contribution in [0.4, 0.5) is 5.69 Å². The number of hydrogen-bond donors (Lipinski definition) is 0. The molecular weight excluding hydrogens is 300 g/mol. The predicted octanol–water partition coefficient (Wildman–Crippen LogP) is 3.77. The molecule has 0 saturated heterocycles. The monoisotopic (exact) mass is 316 g/mol. The Balaban J connectivity index is 1.91. The molecule has 2 aromatic rings. The first kappa shape index (κ1) is 14.7. The first-order chi connectivity index (χ1) is 10.6. The van der Waals surface area contributed by atoms with Gasteiger partial charge < -0.3 is 4.90 Å². The number of nitrogens with zero attached hydrogens (tertiary/aromatic N) is 2. The summed E-state index contributed by atoms with van der Waals surface area (Å²) in [7, 11) is 0. The van der Waals surface area contributed by atoms with E-state index < -0.39 is 4.92 Å². The van der Waals surface area contributed by atoms with Crippen LogP contribution in [0.3, 0.4) is 0 Å². The predicted molar refractivity (Wildman–Crippen MR) is 85.0 cm³/mol. The van der Waals surface area contributed by atoms with E-state index in [1.54, 1.807) is 30.4 Å². The van der Waals surface area contributed by atoms with Gasteiger partial charge in [0.1, 0.15) is 0 Å². The first-order valence-corrected chi connectivity index (χ1v) is 8.08. The normalized spacial score (nSPS) is 13.9. The second kappa shape index (κ2) is 5.88. The molecule has 1 aromatic carbocycles. The van der Waals surface area contributed by atoms with E-state index in [2.05, 4.69) is 0 Å². The summed E-state index contributed by atoms with van der Waals surface area (Å²) in [5.74, 6) is -0.116. The summed E-state index contributed by atoms with van der Waals surface area (Å²) in [6.45, 7) is 2.20. The minimum atomic E-state index is -0.438. The highest BCUT2D eigenvalue weighted by atomic mass is 32.1. The molecule has 1 fully saturated rings. The average molecular weight is 316 g/mol. The number of carbonyl (C=O) groups excluding carboxylic acids is 1. The van der Waals surface area contributed by atoms with Crippen molar-refractivity contribution in [2.45, 2.75) is 32.4 Å². The Morgan fingerprint density at radius 2 is 2.18 bits per heavy atom. The number of hydrogen-bond acceptors (Lipinski definition) is 4. The number of rotatable bonds is 5. The van der Waals surface area contributed by atoms with Gasteiger partial charge in [-0.05, 0) is 48.2 Å². The molecule has 22 heavy (non-hydrogen) atoms. The zero-order chi connectivity index (χ0) is 15.7. The van der Waals surface area contributed by atoms with Gasteiger partial charge in [0.2, 0.25) is 0 Å². The van der Waals surface area contributed by atoms with Crippen LogP contribution in [0.1, 0.15) is 34.3 Å². The van der Waals surface area contributed by atoms with E-state index in [1.807, 2.05) is 21.7 Å². The number of thiophene rings is 1. The van der Waals surface area contributed by atoms with E-state index in [-0.39, 0.29) is 17.6 Å². The molecule has 1 heterocycles. The van der Waals surface area contributed by atoms with Gasteiger partial charge in [-0.25, -0.2) is 0 Å². The summed E-state index contributed by atoms with van der Waals surface area (Å²) in [6.07, 6.45) is 2.01. The third-order valence-corrected chi connectivity index (χ3v) is 4.65. The molecule has 0 bridgehead atoms. The molecule has 1 aliphatic rings. The van der Waals surface area contributed by atoms with E-state index in [1.165, 1.54) is 6.07 Å². The third kappa shape index (κ3) is 2.87. The zero-order valence-corrected chi connectivity index (χ0v) is 13.0. The minimum absolute atomic E-state index is 0.00266. The van der Waals surface area contributed by atoms with Crippen LogP contribution in [0.2, 0.25) is 0 Å². The first-order valence-electron chi connectivity index (χ1n) is 7.14. The van der Waals surface area contributed by atoms with Gasteiger partial charge in [-0.15, -0.1) is 0 Å². The van der Waals surface area contributed by atoms with Crippen molar-refractivity contribution in [1.29, 1.82) is 0 Å². The number of nitro groups is 1. The molecule has 0 radical (unpaired) electrons. The van der Waals surface area contributed by atoms with E-state index in [4.69, 9.17) is 0 Å². The van der Waals surface area contributed by atoms with E-state index in [0.717, 1.165) is 18.4 Å². The molecule has 3 rings (SSSR count). The quantitative estimate of drug-likeness (QED) is 0.623. The number of nitro benzene ring substituents is 1. The van der Waals surface area contributed by atoms with Gasteiger partial charge >= 0.3 is 0 Å². The summed E-state index contributed by atoms with van der Waals surface area (Å²) >= 11 is 1.60. The zero-order valence-electron chi connectivity index (χ0n) is 12.2. The Kier molecular flexibility index (Phi) is 3.94. The molecule has 0 atom stereocenters. The van der Waals surface area contributed by atoms with Gasteiger partial charge in [-0.2, -0.15) is 11.3 Å². The van der Waals surface area contributed by atoms with Crippen molar-refractivity contribution in [3.05, 3.63) is 61.8 Å². The summed E-state index contributed by atoms with van der Waals surface area (Å²) in [5.41, 5.74) is 1.97. The van der Waals surface area contributed by atoms with Gasteiger partial charge in [0.15, 0.2) is 0 Å². The van der Waals surface area contributed by atoms with Crippen molar-refractivity contribution < 1.29 is 9.72 Å². The Morgan fingerprint density at radius 1 is 1.41 bits per heavy atom. The smallest absolute Gasteiger partial charge is 0.273 e. The average Bonchev–Trinajstić information content (AvgIpc) is 3.20. The van der Waals surface area contributed by atoms with Crippen molar-refractivity contribution in [2.24, 2.45) is 0 Å². The third-order valence-electron chi connectivity index (χ3n) is 3.91. The summed E-state index contributed by atoms with van der Waals surface area (Å²) in [6, 6.07) is 6.95. The molecule has 0 spiro atoms. The Labute approximate surface area is 132 Å². The molecule has 1 amide bonds. The highest BCUT2D eigenvalue weighted by Crippen LogP contribution is 2.32. The fraction of sp³-hybridized carbons (Fsp3) is 0.312. The van der Waals surface area contributed by atoms with Crippen molar-refractivity contribution in [3.8, 4) is 0 Å². The maximum atomic E-state index is 12.9. The van der Waals surface area contributed by atoms with Crippen LogP contribution < -0.4 is 0 Å². The van der Waals surface area contributed by atoms with Gasteiger partial charge in [0, 0.05) is 29.8 Å². The highest BCUT2D eigenvalue weighted by molar-refractivity contribution is 7.07. The molecule has 0 N–H and O–H groups in total. The molecule has 5 nitrogen and oxygen atoms in total. The van der Waals surface area contributed by atoms with Crippen LogP contribution >= 0.6 is 11.3 Å². The van der Waals surface area contributed by atoms with E-state index >= 15 is 0 Å².